The highest BCUT2D eigenvalue weighted by atomic mass is 32.2. The third-order valence-electron chi connectivity index (χ3n) is 6.31. The lowest BCUT2D eigenvalue weighted by molar-refractivity contribution is -0.123. The molecule has 3 aromatic rings. The van der Waals surface area contributed by atoms with E-state index in [9.17, 15) is 18.0 Å². The van der Waals surface area contributed by atoms with Gasteiger partial charge >= 0.3 is 0 Å². The number of fused-ring (bicyclic) bond motifs is 1. The summed E-state index contributed by atoms with van der Waals surface area (Å²) in [5.74, 6) is -0.0492. The lowest BCUT2D eigenvalue weighted by Crippen LogP contribution is -2.39. The first-order valence-electron chi connectivity index (χ1n) is 11.5. The van der Waals surface area contributed by atoms with Crippen LogP contribution in [0.5, 0.6) is 0 Å². The summed E-state index contributed by atoms with van der Waals surface area (Å²) >= 11 is 6.50. The highest BCUT2D eigenvalue weighted by Gasteiger charge is 2.42. The zero-order valence-electron chi connectivity index (χ0n) is 19.5. The molecule has 36 heavy (non-hydrogen) atoms. The molecule has 2 aromatic heterocycles. The van der Waals surface area contributed by atoms with Crippen LogP contribution in [0.4, 0.5) is 5.82 Å². The van der Waals surface area contributed by atoms with Crippen molar-refractivity contribution in [1.29, 1.82) is 0 Å². The highest BCUT2D eigenvalue weighted by Crippen LogP contribution is 2.36. The first-order valence-corrected chi connectivity index (χ1v) is 14.6. The second-order valence-corrected chi connectivity index (χ2v) is 12.7. The van der Waals surface area contributed by atoms with E-state index in [0.717, 1.165) is 29.3 Å². The van der Waals surface area contributed by atoms with Gasteiger partial charge in [0.2, 0.25) is 0 Å². The van der Waals surface area contributed by atoms with Crippen LogP contribution in [-0.2, 0) is 21.1 Å². The van der Waals surface area contributed by atoms with E-state index in [0.29, 0.717) is 28.8 Å². The molecule has 0 spiro atoms. The van der Waals surface area contributed by atoms with Crippen LogP contribution in [0, 0.1) is 6.92 Å². The molecule has 0 radical (unpaired) electrons. The van der Waals surface area contributed by atoms with Gasteiger partial charge in [0.1, 0.15) is 15.8 Å². The van der Waals surface area contributed by atoms with Gasteiger partial charge in [-0.1, -0.05) is 60.4 Å². The van der Waals surface area contributed by atoms with Crippen LogP contribution in [-0.4, -0.2) is 57.0 Å². The third-order valence-corrected chi connectivity index (χ3v) is 9.39. The summed E-state index contributed by atoms with van der Waals surface area (Å²) in [6.45, 7) is 2.43. The Morgan fingerprint density at radius 2 is 1.97 bits per heavy atom. The summed E-state index contributed by atoms with van der Waals surface area (Å²) in [7, 11) is -3.19. The molecular weight excluding hydrogens is 517 g/mol. The van der Waals surface area contributed by atoms with Crippen molar-refractivity contribution in [3.63, 3.8) is 0 Å². The Balaban J connectivity index is 1.51. The smallest absolute Gasteiger partial charge is 0.267 e. The number of pyridine rings is 1. The highest BCUT2D eigenvalue weighted by molar-refractivity contribution is 8.26. The maximum Gasteiger partial charge on any atom is 0.267 e. The third kappa shape index (κ3) is 4.82. The average Bonchev–Trinajstić information content (AvgIpc) is 3.34. The molecule has 2 fully saturated rings. The number of carbonyl (C=O) groups excluding carboxylic acids is 1. The fourth-order valence-corrected chi connectivity index (χ4v) is 7.53. The van der Waals surface area contributed by atoms with Crippen LogP contribution in [0.2, 0.25) is 0 Å². The van der Waals surface area contributed by atoms with E-state index in [1.807, 2.05) is 43.3 Å². The number of hydrogen-bond acceptors (Lipinski definition) is 8. The fourth-order valence-electron chi connectivity index (χ4n) is 4.45. The minimum Gasteiger partial charge on any atom is -0.369 e. The predicted octanol–water partition coefficient (Wildman–Crippen LogP) is 3.05. The Bertz CT molecular complexity index is 1570. The molecule has 0 saturated carbocycles. The molecule has 0 bridgehead atoms. The van der Waals surface area contributed by atoms with Gasteiger partial charge < -0.3 is 5.32 Å². The Morgan fingerprint density at radius 1 is 1.19 bits per heavy atom. The normalized spacial score (nSPS) is 20.5. The second-order valence-electron chi connectivity index (χ2n) is 8.83. The Morgan fingerprint density at radius 3 is 2.69 bits per heavy atom. The number of rotatable bonds is 6. The quantitative estimate of drug-likeness (QED) is 0.376. The lowest BCUT2D eigenvalue weighted by Gasteiger charge is -2.20. The summed E-state index contributed by atoms with van der Waals surface area (Å²) in [5.41, 5.74) is 2.48. The predicted molar refractivity (Wildman–Crippen MR) is 147 cm³/mol. The molecule has 186 valence electrons. The maximum absolute atomic E-state index is 13.5. The Labute approximate surface area is 218 Å². The van der Waals surface area contributed by atoms with E-state index < -0.39 is 15.9 Å². The number of amides is 1. The first-order chi connectivity index (χ1) is 17.2. The Kier molecular flexibility index (Phi) is 6.71. The van der Waals surface area contributed by atoms with E-state index in [2.05, 4.69) is 5.32 Å². The first kappa shape index (κ1) is 24.7. The van der Waals surface area contributed by atoms with Gasteiger partial charge in [-0.2, -0.15) is 0 Å². The van der Waals surface area contributed by atoms with Crippen molar-refractivity contribution in [3.8, 4) is 0 Å². The number of benzene rings is 1. The number of hydrogen-bond donors (Lipinski definition) is 1. The zero-order valence-corrected chi connectivity index (χ0v) is 22.0. The van der Waals surface area contributed by atoms with Crippen molar-refractivity contribution in [3.05, 3.63) is 80.6 Å². The number of thioether (sulfide) groups is 1. The van der Waals surface area contributed by atoms with Gasteiger partial charge in [-0.3, -0.25) is 18.9 Å². The number of nitrogens with zero attached hydrogens (tertiary/aromatic N) is 3. The van der Waals surface area contributed by atoms with Crippen LogP contribution in [0.15, 0.2) is 58.4 Å². The van der Waals surface area contributed by atoms with Gasteiger partial charge in [-0.15, -0.1) is 0 Å². The van der Waals surface area contributed by atoms with Crippen LogP contribution in [0.25, 0.3) is 11.7 Å². The number of sulfone groups is 1. The minimum atomic E-state index is -3.19. The van der Waals surface area contributed by atoms with E-state index in [1.165, 1.54) is 15.4 Å². The van der Waals surface area contributed by atoms with Crippen molar-refractivity contribution in [1.82, 2.24) is 14.3 Å². The van der Waals surface area contributed by atoms with Crippen molar-refractivity contribution < 1.29 is 13.2 Å². The second kappa shape index (κ2) is 9.79. The minimum absolute atomic E-state index is 0.0402. The van der Waals surface area contributed by atoms with Gasteiger partial charge in [0.05, 0.1) is 28.0 Å². The monoisotopic (exact) mass is 540 g/mol. The van der Waals surface area contributed by atoms with Crippen LogP contribution in [0.3, 0.4) is 0 Å². The average molecular weight is 541 g/mol. The summed E-state index contributed by atoms with van der Waals surface area (Å²) < 4.78 is 25.7. The van der Waals surface area contributed by atoms with Gasteiger partial charge in [0.25, 0.3) is 11.5 Å². The summed E-state index contributed by atoms with van der Waals surface area (Å²) in [6.07, 6.45) is 4.26. The Hall–Kier alpha value is -3.02. The van der Waals surface area contributed by atoms with Gasteiger partial charge in [0, 0.05) is 12.7 Å². The molecule has 5 rings (SSSR count). The molecule has 2 saturated heterocycles. The number of nitrogens with one attached hydrogen (secondary N) is 1. The van der Waals surface area contributed by atoms with Crippen LogP contribution < -0.4 is 10.9 Å². The molecular formula is C25H24N4O4S3. The number of anilines is 1. The van der Waals surface area contributed by atoms with E-state index >= 15 is 0 Å². The van der Waals surface area contributed by atoms with Crippen LogP contribution in [0.1, 0.15) is 23.1 Å². The molecule has 4 heterocycles. The van der Waals surface area contributed by atoms with Crippen molar-refractivity contribution >= 4 is 61.6 Å². The van der Waals surface area contributed by atoms with Crippen molar-refractivity contribution in [2.75, 3.05) is 23.4 Å². The number of carbonyl (C=O) groups is 1. The number of thiocarbonyl (C=S) groups is 1. The molecule has 2 aliphatic rings. The molecule has 1 amide bonds. The van der Waals surface area contributed by atoms with Crippen molar-refractivity contribution in [2.24, 2.45) is 0 Å². The largest absolute Gasteiger partial charge is 0.369 e. The molecule has 1 atom stereocenters. The summed E-state index contributed by atoms with van der Waals surface area (Å²) in [6, 6.07) is 13.2. The number of aromatic nitrogens is 2. The fraction of sp³-hybridized carbons (Fsp3) is 0.280. The molecule has 2 aliphatic heterocycles. The standard InChI is InChI=1S/C25H24N4O4S3/c1-16-6-5-12-28-22(16)27-21(26-11-9-17-7-3-2-4-8-17)19(23(28)30)14-20-24(31)29(25(34)35-20)18-10-13-36(32,33)15-18/h2-8,12,14,18,26H,9-11,13,15H2,1H3/b20-14+. The number of aryl methyl sites for hydroxylation is 1. The lowest BCUT2D eigenvalue weighted by atomic mass is 10.1. The van der Waals surface area contributed by atoms with E-state index in [4.69, 9.17) is 17.2 Å². The molecule has 1 unspecified atom stereocenters. The van der Waals surface area contributed by atoms with Crippen LogP contribution >= 0.6 is 24.0 Å². The molecule has 1 N–H and O–H groups in total. The molecule has 8 nitrogen and oxygen atoms in total. The summed E-state index contributed by atoms with van der Waals surface area (Å²) in [5, 5.41) is 3.28. The van der Waals surface area contributed by atoms with Gasteiger partial charge in [0.15, 0.2) is 9.84 Å². The molecule has 11 heteroatoms. The zero-order chi connectivity index (χ0) is 25.4. The summed E-state index contributed by atoms with van der Waals surface area (Å²) in [4.78, 5) is 33.2. The van der Waals surface area contributed by atoms with Gasteiger partial charge in [-0.05, 0) is 43.0 Å². The van der Waals surface area contributed by atoms with E-state index in [-0.39, 0.29) is 33.4 Å². The molecule has 1 aromatic carbocycles. The molecule has 0 aliphatic carbocycles. The topological polar surface area (TPSA) is 101 Å². The SMILES string of the molecule is Cc1cccn2c(=O)c(/C=C3/SC(=S)N(C4CCS(=O)(=O)C4)C3=O)c(NCCc3ccccc3)nc12. The van der Waals surface area contributed by atoms with Gasteiger partial charge in [-0.25, -0.2) is 13.4 Å². The van der Waals surface area contributed by atoms with E-state index in [1.54, 1.807) is 12.3 Å². The van der Waals surface area contributed by atoms with Crippen molar-refractivity contribution in [2.45, 2.75) is 25.8 Å². The maximum atomic E-state index is 13.5.